The molecular weight excluding hydrogens is 667 g/mol. The third-order valence-electron chi connectivity index (χ3n) is 8.35. The standard InChI is InChI=1S/C42H29N7O4/c1-48-26-37(47-27-48)28-24-45-42(46-25-28)49-38-22-33(50-29-8-6-10-31(20-29)52-40-12-2-4-18-43-40)14-16-35(38)36-17-15-34(23-39(36)49)51-30-9-7-11-32(21-30)53-41-13-3-5-19-44-41/h2-27H,1H3. The van der Waals surface area contributed by atoms with Gasteiger partial charge in [-0.3, -0.25) is 4.57 Å². The molecule has 5 aromatic heterocycles. The summed E-state index contributed by atoms with van der Waals surface area (Å²) in [6.07, 6.45) is 10.6. The number of pyridine rings is 2. The van der Waals surface area contributed by atoms with Crippen LogP contribution in [0.25, 0.3) is 39.0 Å². The quantitative estimate of drug-likeness (QED) is 0.138. The second kappa shape index (κ2) is 13.6. The third-order valence-corrected chi connectivity index (χ3v) is 8.35. The Labute approximate surface area is 303 Å². The van der Waals surface area contributed by atoms with E-state index in [1.807, 2.05) is 132 Å². The lowest BCUT2D eigenvalue weighted by Crippen LogP contribution is -2.01. The van der Waals surface area contributed by atoms with Gasteiger partial charge in [0.1, 0.15) is 34.5 Å². The molecule has 0 aliphatic heterocycles. The van der Waals surface area contributed by atoms with E-state index in [9.17, 15) is 0 Å². The van der Waals surface area contributed by atoms with Crippen molar-refractivity contribution in [2.45, 2.75) is 0 Å². The highest BCUT2D eigenvalue weighted by atomic mass is 16.5. The molecule has 0 aliphatic rings. The molecule has 0 aliphatic carbocycles. The summed E-state index contributed by atoms with van der Waals surface area (Å²) in [4.78, 5) is 22.6. The lowest BCUT2D eigenvalue weighted by atomic mass is 10.1. The maximum absolute atomic E-state index is 6.38. The molecule has 11 heteroatoms. The third kappa shape index (κ3) is 6.69. The summed E-state index contributed by atoms with van der Waals surface area (Å²) in [5.74, 6) is 5.18. The zero-order valence-corrected chi connectivity index (χ0v) is 28.3. The highest BCUT2D eigenvalue weighted by Gasteiger charge is 2.17. The summed E-state index contributed by atoms with van der Waals surface area (Å²) in [6.45, 7) is 0. The smallest absolute Gasteiger partial charge is 0.234 e. The molecule has 9 aromatic rings. The number of nitrogens with zero attached hydrogens (tertiary/aromatic N) is 7. The fraction of sp³-hybridized carbons (Fsp3) is 0.0238. The number of imidazole rings is 1. The highest BCUT2D eigenvalue weighted by Crippen LogP contribution is 2.38. The van der Waals surface area contributed by atoms with Crippen LogP contribution in [0, 0.1) is 0 Å². The molecular formula is C42H29N7O4. The van der Waals surface area contributed by atoms with Crippen molar-refractivity contribution in [1.82, 2.24) is 34.1 Å². The van der Waals surface area contributed by atoms with Crippen molar-refractivity contribution >= 4 is 21.8 Å². The van der Waals surface area contributed by atoms with Crippen molar-refractivity contribution in [3.8, 4) is 63.5 Å². The number of aryl methyl sites for hydroxylation is 1. The van der Waals surface area contributed by atoms with Crippen LogP contribution in [0.5, 0.6) is 46.3 Å². The molecule has 0 atom stereocenters. The number of benzene rings is 4. The zero-order valence-electron chi connectivity index (χ0n) is 28.3. The molecule has 0 radical (unpaired) electrons. The monoisotopic (exact) mass is 695 g/mol. The van der Waals surface area contributed by atoms with Crippen LogP contribution in [0.2, 0.25) is 0 Å². The van der Waals surface area contributed by atoms with Crippen molar-refractivity contribution in [2.75, 3.05) is 0 Å². The number of hydrogen-bond acceptors (Lipinski definition) is 9. The fourth-order valence-corrected chi connectivity index (χ4v) is 5.98. The van der Waals surface area contributed by atoms with E-state index < -0.39 is 0 Å². The first kappa shape index (κ1) is 31.5. The van der Waals surface area contributed by atoms with Crippen LogP contribution in [0.15, 0.2) is 159 Å². The lowest BCUT2D eigenvalue weighted by Gasteiger charge is -2.11. The predicted octanol–water partition coefficient (Wildman–Crippen LogP) is 9.93. The Hall–Kier alpha value is -7.53. The van der Waals surface area contributed by atoms with Gasteiger partial charge in [0.15, 0.2) is 0 Å². The summed E-state index contributed by atoms with van der Waals surface area (Å²) in [7, 11) is 1.93. The Morgan fingerprint density at radius 3 is 1.45 bits per heavy atom. The second-order valence-corrected chi connectivity index (χ2v) is 12.1. The minimum atomic E-state index is 0.482. The summed E-state index contributed by atoms with van der Waals surface area (Å²) >= 11 is 0. The van der Waals surface area contributed by atoms with Gasteiger partial charge in [-0.15, -0.1) is 0 Å². The van der Waals surface area contributed by atoms with Crippen molar-refractivity contribution in [3.05, 3.63) is 159 Å². The lowest BCUT2D eigenvalue weighted by molar-refractivity contribution is 0.448. The van der Waals surface area contributed by atoms with E-state index >= 15 is 0 Å². The van der Waals surface area contributed by atoms with Crippen LogP contribution in [0.3, 0.4) is 0 Å². The molecule has 11 nitrogen and oxygen atoms in total. The number of ether oxygens (including phenoxy) is 4. The van der Waals surface area contributed by atoms with E-state index in [-0.39, 0.29) is 0 Å². The molecule has 0 saturated carbocycles. The van der Waals surface area contributed by atoms with E-state index in [4.69, 9.17) is 28.9 Å². The van der Waals surface area contributed by atoms with Crippen molar-refractivity contribution in [1.29, 1.82) is 0 Å². The minimum absolute atomic E-state index is 0.482. The SMILES string of the molecule is Cn1cnc(-c2cnc(-n3c4cc(Oc5cccc(Oc6ccccn6)c5)ccc4c4ccc(Oc5cccc(Oc6ccccn6)c5)cc43)nc2)c1. The Balaban J connectivity index is 1.09. The van der Waals surface area contributed by atoms with Crippen LogP contribution >= 0.6 is 0 Å². The maximum Gasteiger partial charge on any atom is 0.234 e. The number of hydrogen-bond donors (Lipinski definition) is 0. The van der Waals surface area contributed by atoms with E-state index in [0.717, 1.165) is 33.1 Å². The van der Waals surface area contributed by atoms with Gasteiger partial charge in [0.25, 0.3) is 0 Å². The molecule has 256 valence electrons. The van der Waals surface area contributed by atoms with Gasteiger partial charge in [-0.25, -0.2) is 24.9 Å². The average Bonchev–Trinajstić information content (AvgIpc) is 3.76. The van der Waals surface area contributed by atoms with Crippen LogP contribution in [-0.2, 0) is 7.05 Å². The van der Waals surface area contributed by atoms with Gasteiger partial charge in [0.2, 0.25) is 17.7 Å². The van der Waals surface area contributed by atoms with E-state index in [1.165, 1.54) is 0 Å². The topological polar surface area (TPSA) is 111 Å². The van der Waals surface area contributed by atoms with E-state index in [0.29, 0.717) is 52.2 Å². The zero-order chi connectivity index (χ0) is 35.6. The van der Waals surface area contributed by atoms with Crippen LogP contribution in [0.4, 0.5) is 0 Å². The minimum Gasteiger partial charge on any atom is -0.457 e. The van der Waals surface area contributed by atoms with E-state index in [1.54, 1.807) is 43.2 Å². The number of aromatic nitrogens is 7. The maximum atomic E-state index is 6.38. The van der Waals surface area contributed by atoms with Gasteiger partial charge >= 0.3 is 0 Å². The van der Waals surface area contributed by atoms with E-state index in [2.05, 4.69) is 15.0 Å². The summed E-state index contributed by atoms with van der Waals surface area (Å²) < 4.78 is 28.5. The molecule has 0 spiro atoms. The van der Waals surface area contributed by atoms with Crippen molar-refractivity contribution in [2.24, 2.45) is 7.05 Å². The van der Waals surface area contributed by atoms with Crippen molar-refractivity contribution in [3.63, 3.8) is 0 Å². The number of rotatable bonds is 10. The predicted molar refractivity (Wildman–Crippen MR) is 200 cm³/mol. The van der Waals surface area contributed by atoms with Crippen LogP contribution in [-0.4, -0.2) is 34.1 Å². The first-order valence-electron chi connectivity index (χ1n) is 16.7. The Morgan fingerprint density at radius 1 is 0.472 bits per heavy atom. The summed E-state index contributed by atoms with van der Waals surface area (Å²) in [6, 6.07) is 37.9. The Bertz CT molecular complexity index is 2550. The van der Waals surface area contributed by atoms with Crippen LogP contribution < -0.4 is 18.9 Å². The van der Waals surface area contributed by atoms with Gasteiger partial charge in [-0.2, -0.15) is 0 Å². The van der Waals surface area contributed by atoms with Gasteiger partial charge in [0, 0.05) is 90.8 Å². The summed E-state index contributed by atoms with van der Waals surface area (Å²) in [5.41, 5.74) is 3.30. The largest absolute Gasteiger partial charge is 0.457 e. The molecule has 5 heterocycles. The van der Waals surface area contributed by atoms with Crippen molar-refractivity contribution < 1.29 is 18.9 Å². The fourth-order valence-electron chi connectivity index (χ4n) is 5.98. The van der Waals surface area contributed by atoms with Gasteiger partial charge in [-0.1, -0.05) is 24.3 Å². The molecule has 53 heavy (non-hydrogen) atoms. The molecule has 0 amide bonds. The molecule has 4 aromatic carbocycles. The molecule has 0 fully saturated rings. The Morgan fingerprint density at radius 2 is 0.981 bits per heavy atom. The Kier molecular flexibility index (Phi) is 8.10. The van der Waals surface area contributed by atoms with Gasteiger partial charge in [0.05, 0.1) is 23.1 Å². The molecule has 0 saturated heterocycles. The highest BCUT2D eigenvalue weighted by molar-refractivity contribution is 6.09. The first-order valence-corrected chi connectivity index (χ1v) is 16.7. The number of fused-ring (bicyclic) bond motifs is 3. The van der Waals surface area contributed by atoms with Gasteiger partial charge in [-0.05, 0) is 60.7 Å². The summed E-state index contributed by atoms with van der Waals surface area (Å²) in [5, 5.41) is 1.99. The average molecular weight is 696 g/mol. The normalized spacial score (nSPS) is 11.1. The first-order chi connectivity index (χ1) is 26.1. The molecule has 0 bridgehead atoms. The molecule has 0 unspecified atom stereocenters. The second-order valence-electron chi connectivity index (χ2n) is 12.1. The van der Waals surface area contributed by atoms with Crippen LogP contribution in [0.1, 0.15) is 0 Å². The van der Waals surface area contributed by atoms with Gasteiger partial charge < -0.3 is 23.5 Å². The molecule has 0 N–H and O–H groups in total. The molecule has 9 rings (SSSR count).